The van der Waals surface area contributed by atoms with E-state index < -0.39 is 0 Å². The molecule has 2 N–H and O–H groups in total. The van der Waals surface area contributed by atoms with E-state index in [0.717, 1.165) is 38.5 Å². The SMILES string of the molecule is C/C=C/C(=C\C=C/N)c1cccc(-c2cccc(-c3cccc4oc5c6ccccc6ccc5c34)c2)c1. The van der Waals surface area contributed by atoms with Crippen molar-refractivity contribution in [1.82, 2.24) is 0 Å². The summed E-state index contributed by atoms with van der Waals surface area (Å²) in [6, 6.07) is 36.5. The molecule has 0 atom stereocenters. The first-order chi connectivity index (χ1) is 18.3. The molecule has 5 aromatic carbocycles. The fourth-order valence-electron chi connectivity index (χ4n) is 5.13. The molecule has 0 amide bonds. The fourth-order valence-corrected chi connectivity index (χ4v) is 5.13. The normalized spacial score (nSPS) is 12.5. The molecule has 0 fully saturated rings. The number of rotatable bonds is 5. The number of hydrogen-bond donors (Lipinski definition) is 1. The molecule has 0 unspecified atom stereocenters. The van der Waals surface area contributed by atoms with Crippen molar-refractivity contribution in [3.8, 4) is 22.3 Å². The van der Waals surface area contributed by atoms with Crippen LogP contribution in [-0.2, 0) is 0 Å². The highest BCUT2D eigenvalue weighted by atomic mass is 16.3. The Kier molecular flexibility index (Phi) is 5.92. The number of nitrogens with two attached hydrogens (primary N) is 1. The van der Waals surface area contributed by atoms with Crippen molar-refractivity contribution in [1.29, 1.82) is 0 Å². The minimum atomic E-state index is 0.908. The second-order valence-corrected chi connectivity index (χ2v) is 9.11. The summed E-state index contributed by atoms with van der Waals surface area (Å²) in [4.78, 5) is 0. The van der Waals surface area contributed by atoms with Gasteiger partial charge in [0.25, 0.3) is 0 Å². The van der Waals surface area contributed by atoms with Gasteiger partial charge in [-0.15, -0.1) is 0 Å². The average molecular weight is 478 g/mol. The van der Waals surface area contributed by atoms with Crippen molar-refractivity contribution in [2.24, 2.45) is 5.73 Å². The molecule has 0 saturated heterocycles. The van der Waals surface area contributed by atoms with Crippen LogP contribution in [0, 0.1) is 0 Å². The van der Waals surface area contributed by atoms with E-state index in [0.29, 0.717) is 0 Å². The van der Waals surface area contributed by atoms with E-state index in [9.17, 15) is 0 Å². The van der Waals surface area contributed by atoms with Crippen LogP contribution in [-0.4, -0.2) is 0 Å². The maximum absolute atomic E-state index is 6.41. The maximum atomic E-state index is 6.41. The van der Waals surface area contributed by atoms with E-state index >= 15 is 0 Å². The zero-order valence-electron chi connectivity index (χ0n) is 20.7. The van der Waals surface area contributed by atoms with Crippen LogP contribution < -0.4 is 5.73 Å². The van der Waals surface area contributed by atoms with Gasteiger partial charge in [0.15, 0.2) is 0 Å². The highest BCUT2D eigenvalue weighted by Gasteiger charge is 2.15. The van der Waals surface area contributed by atoms with Gasteiger partial charge >= 0.3 is 0 Å². The summed E-state index contributed by atoms with van der Waals surface area (Å²) in [7, 11) is 0. The smallest absolute Gasteiger partial charge is 0.143 e. The lowest BCUT2D eigenvalue weighted by molar-refractivity contribution is 0.673. The summed E-state index contributed by atoms with van der Waals surface area (Å²) in [5.41, 5.74) is 14.4. The van der Waals surface area contributed by atoms with Crippen LogP contribution in [0.3, 0.4) is 0 Å². The zero-order chi connectivity index (χ0) is 25.2. The standard InChI is InChI=1S/C35H27NO/c1-2-9-24(15-8-21-36)26-11-5-12-27(22-26)28-13-6-14-29(23-28)30-17-7-18-33-34(30)32-20-19-25-10-3-4-16-31(25)35(32)37-33/h2-23H,36H2,1H3/b9-2+,21-8-,24-15+. The summed E-state index contributed by atoms with van der Waals surface area (Å²) in [5, 5.41) is 4.62. The summed E-state index contributed by atoms with van der Waals surface area (Å²) < 4.78 is 6.41. The van der Waals surface area contributed by atoms with Gasteiger partial charge in [0.1, 0.15) is 11.2 Å². The Morgan fingerprint density at radius 1 is 0.730 bits per heavy atom. The Bertz CT molecular complexity index is 1850. The van der Waals surface area contributed by atoms with E-state index in [4.69, 9.17) is 10.2 Å². The third-order valence-corrected chi connectivity index (χ3v) is 6.82. The molecule has 0 bridgehead atoms. The minimum Gasteiger partial charge on any atom is -0.455 e. The Morgan fingerprint density at radius 3 is 2.38 bits per heavy atom. The molecule has 2 heteroatoms. The molecular formula is C35H27NO. The molecule has 178 valence electrons. The van der Waals surface area contributed by atoms with Gasteiger partial charge in [0.2, 0.25) is 0 Å². The van der Waals surface area contributed by atoms with E-state index in [1.54, 1.807) is 6.20 Å². The topological polar surface area (TPSA) is 39.2 Å². The first kappa shape index (κ1) is 22.6. The van der Waals surface area contributed by atoms with Crippen LogP contribution in [0.5, 0.6) is 0 Å². The second-order valence-electron chi connectivity index (χ2n) is 9.11. The van der Waals surface area contributed by atoms with Crippen molar-refractivity contribution in [2.75, 3.05) is 0 Å². The Morgan fingerprint density at radius 2 is 1.51 bits per heavy atom. The molecular weight excluding hydrogens is 450 g/mol. The Balaban J connectivity index is 1.49. The lowest BCUT2D eigenvalue weighted by atomic mass is 9.94. The van der Waals surface area contributed by atoms with Crippen LogP contribution in [0.4, 0.5) is 0 Å². The van der Waals surface area contributed by atoms with Gasteiger partial charge in [-0.2, -0.15) is 0 Å². The molecule has 37 heavy (non-hydrogen) atoms. The van der Waals surface area contributed by atoms with Crippen molar-refractivity contribution in [2.45, 2.75) is 6.92 Å². The summed E-state index contributed by atoms with van der Waals surface area (Å²) in [6.07, 6.45) is 9.60. The van der Waals surface area contributed by atoms with Crippen LogP contribution in [0.15, 0.2) is 138 Å². The highest BCUT2D eigenvalue weighted by molar-refractivity contribution is 6.19. The van der Waals surface area contributed by atoms with Crippen molar-refractivity contribution in [3.05, 3.63) is 139 Å². The Hall–Kier alpha value is -4.82. The zero-order valence-corrected chi connectivity index (χ0v) is 20.7. The second kappa shape index (κ2) is 9.67. The van der Waals surface area contributed by atoms with Crippen molar-refractivity contribution >= 4 is 38.3 Å². The fraction of sp³-hybridized carbons (Fsp3) is 0.0286. The molecule has 0 aliphatic rings. The van der Waals surface area contributed by atoms with Gasteiger partial charge in [0, 0.05) is 16.2 Å². The Labute approximate surface area is 216 Å². The van der Waals surface area contributed by atoms with Gasteiger partial charge in [-0.05, 0) is 82.2 Å². The predicted molar refractivity (Wildman–Crippen MR) is 158 cm³/mol. The van der Waals surface area contributed by atoms with Crippen LogP contribution in [0.1, 0.15) is 12.5 Å². The molecule has 0 radical (unpaired) electrons. The third-order valence-electron chi connectivity index (χ3n) is 6.82. The van der Waals surface area contributed by atoms with Crippen LogP contribution in [0.2, 0.25) is 0 Å². The van der Waals surface area contributed by atoms with E-state index in [1.165, 1.54) is 27.6 Å². The van der Waals surface area contributed by atoms with Crippen LogP contribution in [0.25, 0.3) is 60.5 Å². The lowest BCUT2D eigenvalue weighted by Gasteiger charge is -2.10. The molecule has 2 nitrogen and oxygen atoms in total. The molecule has 6 rings (SSSR count). The number of fused-ring (bicyclic) bond motifs is 5. The quantitative estimate of drug-likeness (QED) is 0.251. The first-order valence-corrected chi connectivity index (χ1v) is 12.5. The first-order valence-electron chi connectivity index (χ1n) is 12.5. The number of hydrogen-bond acceptors (Lipinski definition) is 2. The molecule has 0 saturated carbocycles. The average Bonchev–Trinajstić information content (AvgIpc) is 3.35. The molecule has 1 aromatic heterocycles. The predicted octanol–water partition coefficient (Wildman–Crippen LogP) is 9.51. The van der Waals surface area contributed by atoms with Gasteiger partial charge in [-0.1, -0.05) is 97.1 Å². The summed E-state index contributed by atoms with van der Waals surface area (Å²) in [5.74, 6) is 0. The number of benzene rings is 5. The van der Waals surface area contributed by atoms with E-state index in [2.05, 4.69) is 109 Å². The van der Waals surface area contributed by atoms with Gasteiger partial charge in [0.05, 0.1) is 0 Å². The molecule has 0 aliphatic heterocycles. The largest absolute Gasteiger partial charge is 0.455 e. The number of allylic oxidation sites excluding steroid dienone is 5. The number of furan rings is 1. The van der Waals surface area contributed by atoms with E-state index in [-0.39, 0.29) is 0 Å². The lowest BCUT2D eigenvalue weighted by Crippen LogP contribution is -1.86. The van der Waals surface area contributed by atoms with Gasteiger partial charge < -0.3 is 10.2 Å². The molecule has 0 spiro atoms. The maximum Gasteiger partial charge on any atom is 0.143 e. The van der Waals surface area contributed by atoms with Gasteiger partial charge in [-0.3, -0.25) is 0 Å². The minimum absolute atomic E-state index is 0.908. The van der Waals surface area contributed by atoms with Crippen molar-refractivity contribution < 1.29 is 4.42 Å². The monoisotopic (exact) mass is 477 g/mol. The molecule has 6 aromatic rings. The molecule has 1 heterocycles. The van der Waals surface area contributed by atoms with Crippen molar-refractivity contribution in [3.63, 3.8) is 0 Å². The third kappa shape index (κ3) is 4.13. The van der Waals surface area contributed by atoms with Gasteiger partial charge in [-0.25, -0.2) is 0 Å². The van der Waals surface area contributed by atoms with E-state index in [1.807, 2.05) is 25.2 Å². The highest BCUT2D eigenvalue weighted by Crippen LogP contribution is 2.40. The summed E-state index contributed by atoms with van der Waals surface area (Å²) >= 11 is 0. The molecule has 0 aliphatic carbocycles. The summed E-state index contributed by atoms with van der Waals surface area (Å²) in [6.45, 7) is 2.02. The van der Waals surface area contributed by atoms with Crippen LogP contribution >= 0.6 is 0 Å².